The molecule has 1 atom stereocenters. The average Bonchev–Trinajstić information content (AvgIpc) is 2.59. The van der Waals surface area contributed by atoms with Crippen LogP contribution in [0.25, 0.3) is 0 Å². The summed E-state index contributed by atoms with van der Waals surface area (Å²) >= 11 is 4.76. The molecule has 0 spiro atoms. The van der Waals surface area contributed by atoms with Crippen LogP contribution in [0.3, 0.4) is 0 Å². The Bertz CT molecular complexity index is 534. The summed E-state index contributed by atoms with van der Waals surface area (Å²) in [7, 11) is -3.37. The molecule has 0 fully saturated rings. The first-order valence-electron chi connectivity index (χ1n) is 5.42. The Hall–Kier alpha value is -0.170. The highest BCUT2D eigenvalue weighted by molar-refractivity contribution is 9.11. The minimum atomic E-state index is -3.37. The summed E-state index contributed by atoms with van der Waals surface area (Å²) in [5.41, 5.74) is 0. The van der Waals surface area contributed by atoms with E-state index in [1.54, 1.807) is 6.07 Å². The maximum Gasteiger partial charge on any atom is 0.241 e. The third kappa shape index (κ3) is 3.19. The molecule has 1 aliphatic carbocycles. The van der Waals surface area contributed by atoms with E-state index in [2.05, 4.69) is 26.7 Å². The number of allylic oxidation sites excluding steroid dienone is 1. The van der Waals surface area contributed by atoms with Crippen molar-refractivity contribution in [2.75, 3.05) is 0 Å². The van der Waals surface area contributed by atoms with E-state index in [0.717, 1.165) is 27.9 Å². The van der Waals surface area contributed by atoms with Gasteiger partial charge in [-0.15, -0.1) is 11.3 Å². The molecule has 1 heterocycles. The van der Waals surface area contributed by atoms with Gasteiger partial charge in [-0.25, -0.2) is 13.1 Å². The Labute approximate surface area is 114 Å². The molecule has 3 nitrogen and oxygen atoms in total. The first-order chi connectivity index (χ1) is 7.99. The monoisotopic (exact) mass is 335 g/mol. The molecule has 0 saturated heterocycles. The lowest BCUT2D eigenvalue weighted by Crippen LogP contribution is -2.35. The van der Waals surface area contributed by atoms with Gasteiger partial charge < -0.3 is 0 Å². The minimum absolute atomic E-state index is 0.0306. The fourth-order valence-electron chi connectivity index (χ4n) is 1.88. The van der Waals surface area contributed by atoms with Gasteiger partial charge >= 0.3 is 0 Å². The lowest BCUT2D eigenvalue weighted by atomic mass is 10.0. The lowest BCUT2D eigenvalue weighted by Gasteiger charge is -2.19. The fourth-order valence-corrected chi connectivity index (χ4v) is 5.58. The standard InChI is InChI=1S/C11H14BrNO2S2/c1-8-10(7-11(12)16-8)17(14,15)13-9-5-3-2-4-6-9/h2-3,7,9,13H,4-6H2,1H3. The molecule has 0 amide bonds. The van der Waals surface area contributed by atoms with E-state index >= 15 is 0 Å². The average molecular weight is 336 g/mol. The maximum absolute atomic E-state index is 12.2. The zero-order valence-electron chi connectivity index (χ0n) is 9.44. The summed E-state index contributed by atoms with van der Waals surface area (Å²) in [4.78, 5) is 1.21. The van der Waals surface area contributed by atoms with Crippen LogP contribution in [0.4, 0.5) is 0 Å². The van der Waals surface area contributed by atoms with Crippen LogP contribution >= 0.6 is 27.3 Å². The summed E-state index contributed by atoms with van der Waals surface area (Å²) in [6.07, 6.45) is 6.73. The number of sulfonamides is 1. The normalized spacial score (nSPS) is 20.7. The molecule has 1 aromatic heterocycles. The van der Waals surface area contributed by atoms with Gasteiger partial charge in [-0.05, 0) is 48.2 Å². The third-order valence-corrected chi connectivity index (χ3v) is 6.05. The Morgan fingerprint density at radius 3 is 2.76 bits per heavy atom. The highest BCUT2D eigenvalue weighted by Gasteiger charge is 2.23. The van der Waals surface area contributed by atoms with Crippen molar-refractivity contribution in [3.63, 3.8) is 0 Å². The van der Waals surface area contributed by atoms with Gasteiger partial charge in [0.15, 0.2) is 0 Å². The summed E-state index contributed by atoms with van der Waals surface area (Å²) in [6, 6.07) is 1.70. The molecule has 0 aliphatic heterocycles. The zero-order chi connectivity index (χ0) is 12.5. The number of aryl methyl sites for hydroxylation is 1. The van der Waals surface area contributed by atoms with E-state index in [0.29, 0.717) is 4.90 Å². The van der Waals surface area contributed by atoms with Crippen molar-refractivity contribution in [1.82, 2.24) is 4.72 Å². The molecule has 2 rings (SSSR count). The molecule has 94 valence electrons. The number of hydrogen-bond acceptors (Lipinski definition) is 3. The van der Waals surface area contributed by atoms with Crippen molar-refractivity contribution >= 4 is 37.3 Å². The van der Waals surface area contributed by atoms with Gasteiger partial charge in [0, 0.05) is 10.9 Å². The summed E-state index contributed by atoms with van der Waals surface area (Å²) in [6.45, 7) is 1.82. The highest BCUT2D eigenvalue weighted by atomic mass is 79.9. The van der Waals surface area contributed by atoms with Crippen LogP contribution in [0.15, 0.2) is 26.9 Å². The van der Waals surface area contributed by atoms with Crippen LogP contribution in [0.5, 0.6) is 0 Å². The van der Waals surface area contributed by atoms with Crippen LogP contribution in [0, 0.1) is 6.92 Å². The van der Waals surface area contributed by atoms with Crippen LogP contribution in [-0.4, -0.2) is 14.5 Å². The van der Waals surface area contributed by atoms with Gasteiger partial charge in [0.1, 0.15) is 0 Å². The first kappa shape index (κ1) is 13.3. The second kappa shape index (κ2) is 5.22. The van der Waals surface area contributed by atoms with E-state index in [1.807, 2.05) is 13.0 Å². The van der Waals surface area contributed by atoms with Crippen molar-refractivity contribution in [2.45, 2.75) is 37.1 Å². The zero-order valence-corrected chi connectivity index (χ0v) is 12.7. The lowest BCUT2D eigenvalue weighted by molar-refractivity contribution is 0.522. The molecule has 0 radical (unpaired) electrons. The van der Waals surface area contributed by atoms with Crippen molar-refractivity contribution in [2.24, 2.45) is 0 Å². The second-order valence-corrected chi connectivity index (χ2v) is 8.39. The molecular formula is C11H14BrNO2S2. The Morgan fingerprint density at radius 2 is 2.24 bits per heavy atom. The molecule has 1 unspecified atom stereocenters. The molecule has 6 heteroatoms. The Balaban J connectivity index is 2.19. The number of halogens is 1. The number of nitrogens with one attached hydrogen (secondary N) is 1. The smallest absolute Gasteiger partial charge is 0.208 e. The molecule has 0 saturated carbocycles. The SMILES string of the molecule is Cc1sc(Br)cc1S(=O)(=O)NC1CC=CCC1. The maximum atomic E-state index is 12.2. The van der Waals surface area contributed by atoms with Crippen molar-refractivity contribution in [3.8, 4) is 0 Å². The molecule has 0 aromatic carbocycles. The molecule has 1 aliphatic rings. The third-order valence-electron chi connectivity index (χ3n) is 2.72. The van der Waals surface area contributed by atoms with Gasteiger partial charge in [-0.2, -0.15) is 0 Å². The molecule has 17 heavy (non-hydrogen) atoms. The van der Waals surface area contributed by atoms with Gasteiger partial charge in [0.05, 0.1) is 8.68 Å². The predicted molar refractivity (Wildman–Crippen MR) is 73.9 cm³/mol. The van der Waals surface area contributed by atoms with E-state index < -0.39 is 10.0 Å². The summed E-state index contributed by atoms with van der Waals surface area (Å²) in [5, 5.41) is 0. The van der Waals surface area contributed by atoms with Crippen molar-refractivity contribution in [1.29, 1.82) is 0 Å². The van der Waals surface area contributed by atoms with Crippen molar-refractivity contribution in [3.05, 3.63) is 26.9 Å². The predicted octanol–water partition coefficient (Wildman–Crippen LogP) is 3.21. The minimum Gasteiger partial charge on any atom is -0.208 e. The van der Waals surface area contributed by atoms with Crippen LogP contribution in [0.1, 0.15) is 24.1 Å². The van der Waals surface area contributed by atoms with E-state index in [1.165, 1.54) is 11.3 Å². The molecule has 1 aromatic rings. The molecular weight excluding hydrogens is 322 g/mol. The van der Waals surface area contributed by atoms with Gasteiger partial charge in [0.25, 0.3) is 0 Å². The van der Waals surface area contributed by atoms with Crippen LogP contribution in [-0.2, 0) is 10.0 Å². The van der Waals surface area contributed by atoms with E-state index in [-0.39, 0.29) is 6.04 Å². The Kier molecular flexibility index (Phi) is 4.07. The summed E-state index contributed by atoms with van der Waals surface area (Å²) < 4.78 is 28.0. The number of rotatable bonds is 3. The van der Waals surface area contributed by atoms with Crippen LogP contribution < -0.4 is 4.72 Å². The first-order valence-corrected chi connectivity index (χ1v) is 8.51. The quantitative estimate of drug-likeness (QED) is 0.862. The molecule has 0 bridgehead atoms. The van der Waals surface area contributed by atoms with Crippen LogP contribution in [0.2, 0.25) is 0 Å². The molecule has 1 N–H and O–H groups in total. The topological polar surface area (TPSA) is 46.2 Å². The van der Waals surface area contributed by atoms with Gasteiger partial charge in [-0.1, -0.05) is 12.2 Å². The van der Waals surface area contributed by atoms with Gasteiger partial charge in [0.2, 0.25) is 10.0 Å². The second-order valence-electron chi connectivity index (χ2n) is 4.07. The Morgan fingerprint density at radius 1 is 1.47 bits per heavy atom. The van der Waals surface area contributed by atoms with Crippen molar-refractivity contribution < 1.29 is 8.42 Å². The van der Waals surface area contributed by atoms with E-state index in [4.69, 9.17) is 0 Å². The number of thiophene rings is 1. The summed E-state index contributed by atoms with van der Waals surface area (Å²) in [5.74, 6) is 0. The highest BCUT2D eigenvalue weighted by Crippen LogP contribution is 2.30. The fraction of sp³-hybridized carbons (Fsp3) is 0.455. The largest absolute Gasteiger partial charge is 0.241 e. The van der Waals surface area contributed by atoms with Gasteiger partial charge in [-0.3, -0.25) is 0 Å². The van der Waals surface area contributed by atoms with E-state index in [9.17, 15) is 8.42 Å². The number of hydrogen-bond donors (Lipinski definition) is 1.